The van der Waals surface area contributed by atoms with E-state index in [1.54, 1.807) is 31.3 Å². The molecule has 1 saturated heterocycles. The predicted octanol–water partition coefficient (Wildman–Crippen LogP) is 0.513. The minimum atomic E-state index is -1.47. The summed E-state index contributed by atoms with van der Waals surface area (Å²) in [7, 11) is 1.67. The van der Waals surface area contributed by atoms with E-state index in [0.29, 0.717) is 33.7 Å². The van der Waals surface area contributed by atoms with Crippen molar-refractivity contribution in [1.29, 1.82) is 0 Å². The number of carbonyl (C=O) groups is 3. The number of carboxylic acid groups (broad SMARTS) is 1. The van der Waals surface area contributed by atoms with Gasteiger partial charge in [0.05, 0.1) is 0 Å². The molecule has 4 rings (SSSR count). The highest BCUT2D eigenvalue weighted by molar-refractivity contribution is 8.01. The fourth-order valence-electron chi connectivity index (χ4n) is 3.46. The molecule has 3 atom stereocenters. The van der Waals surface area contributed by atoms with E-state index < -0.39 is 35.3 Å². The molecular weight excluding hydrogens is 492 g/mol. The zero-order valence-electron chi connectivity index (χ0n) is 17.2. The molecule has 0 bridgehead atoms. The number of aromatic nitrogens is 4. The molecule has 3 unspecified atom stereocenters. The molecule has 33 heavy (non-hydrogen) atoms. The Kier molecular flexibility index (Phi) is 6.93. The number of aliphatic hydroxyl groups excluding tert-OH is 1. The summed E-state index contributed by atoms with van der Waals surface area (Å²) < 4.78 is 1.47. The van der Waals surface area contributed by atoms with Gasteiger partial charge in [-0.15, -0.1) is 28.5 Å². The summed E-state index contributed by atoms with van der Waals surface area (Å²) in [6, 6.07) is 5.66. The number of β-lactam (4-membered cyclic amide) rings is 1. The number of carboxylic acids is 1. The van der Waals surface area contributed by atoms with Gasteiger partial charge in [-0.2, -0.15) is 0 Å². The molecule has 2 aromatic rings. The van der Waals surface area contributed by atoms with Crippen LogP contribution in [0, 0.1) is 0 Å². The maximum atomic E-state index is 12.8. The van der Waals surface area contributed by atoms with E-state index in [-0.39, 0.29) is 5.70 Å². The largest absolute Gasteiger partial charge is 0.477 e. The number of rotatable bonds is 8. The van der Waals surface area contributed by atoms with Crippen molar-refractivity contribution in [3.05, 3.63) is 46.7 Å². The molecule has 2 aliphatic heterocycles. The number of amides is 2. The lowest BCUT2D eigenvalue weighted by Gasteiger charge is -2.49. The summed E-state index contributed by atoms with van der Waals surface area (Å²) in [5.74, 6) is -1.51. The van der Waals surface area contributed by atoms with Crippen LogP contribution in [-0.2, 0) is 27.3 Å². The van der Waals surface area contributed by atoms with Gasteiger partial charge in [0.1, 0.15) is 17.1 Å². The molecule has 0 spiro atoms. The second-order valence-electron chi connectivity index (χ2n) is 7.30. The van der Waals surface area contributed by atoms with Crippen molar-refractivity contribution >= 4 is 52.9 Å². The van der Waals surface area contributed by atoms with Gasteiger partial charge in [-0.3, -0.25) is 14.5 Å². The second-order valence-corrected chi connectivity index (χ2v) is 9.62. The molecule has 1 aromatic heterocycles. The van der Waals surface area contributed by atoms with E-state index in [4.69, 9.17) is 11.6 Å². The van der Waals surface area contributed by atoms with E-state index in [1.165, 1.54) is 33.1 Å². The SMILES string of the molecule is Cn1nnnc1SCC1=C(C(=O)O)N2C(=O)C(NC(=O)C(O)c3ccc(CCl)cc3)C2SC1. The van der Waals surface area contributed by atoms with Crippen molar-refractivity contribution in [1.82, 2.24) is 30.4 Å². The van der Waals surface area contributed by atoms with Crippen LogP contribution in [0.25, 0.3) is 0 Å². The Labute approximate surface area is 201 Å². The summed E-state index contributed by atoms with van der Waals surface area (Å²) in [4.78, 5) is 38.5. The third-order valence-electron chi connectivity index (χ3n) is 5.20. The van der Waals surface area contributed by atoms with Crippen LogP contribution in [0.2, 0.25) is 0 Å². The minimum Gasteiger partial charge on any atom is -0.477 e. The lowest BCUT2D eigenvalue weighted by molar-refractivity contribution is -0.151. The number of nitrogens with one attached hydrogen (secondary N) is 1. The highest BCUT2D eigenvalue weighted by atomic mass is 35.5. The molecular formula is C19H19ClN6O5S2. The Morgan fingerprint density at radius 1 is 1.36 bits per heavy atom. The quantitative estimate of drug-likeness (QED) is 0.260. The average molecular weight is 511 g/mol. The topological polar surface area (TPSA) is 151 Å². The molecule has 3 N–H and O–H groups in total. The zero-order valence-corrected chi connectivity index (χ0v) is 19.6. The van der Waals surface area contributed by atoms with Crippen LogP contribution in [0.5, 0.6) is 0 Å². The number of fused-ring (bicyclic) bond motifs is 1. The molecule has 1 aromatic carbocycles. The number of aliphatic hydroxyl groups is 1. The van der Waals surface area contributed by atoms with Crippen molar-refractivity contribution in [3.63, 3.8) is 0 Å². The summed E-state index contributed by atoms with van der Waals surface area (Å²) in [5.41, 5.74) is 1.68. The van der Waals surface area contributed by atoms with E-state index >= 15 is 0 Å². The van der Waals surface area contributed by atoms with Crippen LogP contribution in [0.15, 0.2) is 40.7 Å². The lowest BCUT2D eigenvalue weighted by atomic mass is 10.0. The Bertz CT molecular complexity index is 1120. The Hall–Kier alpha value is -2.61. The van der Waals surface area contributed by atoms with Crippen molar-refractivity contribution < 1.29 is 24.6 Å². The van der Waals surface area contributed by atoms with Crippen molar-refractivity contribution in [3.8, 4) is 0 Å². The van der Waals surface area contributed by atoms with Crippen LogP contribution in [0.1, 0.15) is 17.2 Å². The van der Waals surface area contributed by atoms with Gasteiger partial charge in [0.2, 0.25) is 5.16 Å². The number of thioether (sulfide) groups is 2. The van der Waals surface area contributed by atoms with Crippen LogP contribution in [0.4, 0.5) is 0 Å². The number of tetrazole rings is 1. The van der Waals surface area contributed by atoms with Gasteiger partial charge in [-0.1, -0.05) is 36.0 Å². The maximum Gasteiger partial charge on any atom is 0.352 e. The van der Waals surface area contributed by atoms with Gasteiger partial charge in [0.25, 0.3) is 11.8 Å². The minimum absolute atomic E-state index is 0.0888. The first kappa shape index (κ1) is 23.5. The molecule has 174 valence electrons. The summed E-state index contributed by atoms with van der Waals surface area (Å²) in [6.07, 6.45) is -1.47. The van der Waals surface area contributed by atoms with Gasteiger partial charge in [0, 0.05) is 24.4 Å². The lowest BCUT2D eigenvalue weighted by Crippen LogP contribution is -2.70. The van der Waals surface area contributed by atoms with Crippen molar-refractivity contribution in [2.24, 2.45) is 7.05 Å². The normalized spacial score (nSPS) is 20.8. The molecule has 0 aliphatic carbocycles. The Balaban J connectivity index is 1.44. The molecule has 0 saturated carbocycles. The summed E-state index contributed by atoms with van der Waals surface area (Å²) >= 11 is 8.37. The molecule has 11 nitrogen and oxygen atoms in total. The fourth-order valence-corrected chi connectivity index (χ4v) is 5.98. The first-order valence-electron chi connectivity index (χ1n) is 9.70. The van der Waals surface area contributed by atoms with Crippen molar-refractivity contribution in [2.45, 2.75) is 28.6 Å². The Morgan fingerprint density at radius 3 is 2.70 bits per heavy atom. The molecule has 2 aliphatic rings. The number of alkyl halides is 1. The Morgan fingerprint density at radius 2 is 2.09 bits per heavy atom. The van der Waals surface area contributed by atoms with Crippen LogP contribution in [-0.4, -0.2) is 76.0 Å². The van der Waals surface area contributed by atoms with Crippen LogP contribution >= 0.6 is 35.1 Å². The number of halogens is 1. The molecule has 2 amide bonds. The highest BCUT2D eigenvalue weighted by Crippen LogP contribution is 2.41. The number of hydrogen-bond acceptors (Lipinski definition) is 9. The molecule has 14 heteroatoms. The number of benzene rings is 1. The number of carbonyl (C=O) groups excluding carboxylic acids is 2. The van der Waals surface area contributed by atoms with Gasteiger partial charge in [0.15, 0.2) is 6.10 Å². The smallest absolute Gasteiger partial charge is 0.352 e. The van der Waals surface area contributed by atoms with Gasteiger partial charge in [-0.25, -0.2) is 9.48 Å². The summed E-state index contributed by atoms with van der Waals surface area (Å²) in [5, 5.41) is 33.8. The van der Waals surface area contributed by atoms with Gasteiger partial charge < -0.3 is 15.5 Å². The van der Waals surface area contributed by atoms with E-state index in [2.05, 4.69) is 20.8 Å². The van der Waals surface area contributed by atoms with E-state index in [1.807, 2.05) is 0 Å². The highest BCUT2D eigenvalue weighted by Gasteiger charge is 2.54. The van der Waals surface area contributed by atoms with Crippen LogP contribution in [0.3, 0.4) is 0 Å². The summed E-state index contributed by atoms with van der Waals surface area (Å²) in [6.45, 7) is 0. The van der Waals surface area contributed by atoms with E-state index in [0.717, 1.165) is 5.56 Å². The third-order valence-corrected chi connectivity index (χ3v) is 7.95. The number of hydrogen-bond donors (Lipinski definition) is 3. The number of aliphatic carboxylic acids is 1. The average Bonchev–Trinajstić information content (AvgIpc) is 3.24. The van der Waals surface area contributed by atoms with E-state index in [9.17, 15) is 24.6 Å². The maximum absolute atomic E-state index is 12.8. The standard InChI is InChI=1S/C19H19ClN6O5S2/c1-25-19(22-23-24-25)33-8-11-7-32-17-12(16(29)26(17)13(11)18(30)31)21-15(28)14(27)10-4-2-9(6-20)3-5-10/h2-5,12,14,17,27H,6-8H2,1H3,(H,21,28)(H,30,31). The second kappa shape index (κ2) is 9.71. The van der Waals surface area contributed by atoms with Gasteiger partial charge >= 0.3 is 5.97 Å². The fraction of sp³-hybridized carbons (Fsp3) is 0.368. The number of aryl methyl sites for hydroxylation is 1. The zero-order chi connectivity index (χ0) is 23.7. The number of nitrogens with zero attached hydrogens (tertiary/aromatic N) is 5. The van der Waals surface area contributed by atoms with Crippen LogP contribution < -0.4 is 5.32 Å². The molecule has 3 heterocycles. The first-order valence-corrected chi connectivity index (χ1v) is 12.3. The monoisotopic (exact) mass is 510 g/mol. The molecule has 1 fully saturated rings. The van der Waals surface area contributed by atoms with Crippen molar-refractivity contribution in [2.75, 3.05) is 11.5 Å². The third kappa shape index (κ3) is 4.58. The molecule has 0 radical (unpaired) electrons. The first-order chi connectivity index (χ1) is 15.8. The predicted molar refractivity (Wildman–Crippen MR) is 120 cm³/mol. The van der Waals surface area contributed by atoms with Gasteiger partial charge in [-0.05, 0) is 27.1 Å².